The van der Waals surface area contributed by atoms with E-state index in [0.29, 0.717) is 6.61 Å². The number of carboxylic acids is 1. The van der Waals surface area contributed by atoms with E-state index in [1.807, 2.05) is 31.2 Å². The van der Waals surface area contributed by atoms with Gasteiger partial charge in [0.25, 0.3) is 0 Å². The summed E-state index contributed by atoms with van der Waals surface area (Å²) in [7, 11) is 0. The van der Waals surface area contributed by atoms with E-state index >= 15 is 0 Å². The van der Waals surface area contributed by atoms with Gasteiger partial charge in [0.15, 0.2) is 5.69 Å². The van der Waals surface area contributed by atoms with Crippen molar-refractivity contribution < 1.29 is 14.6 Å². The number of nitrogens with zero attached hydrogens (tertiary/aromatic N) is 2. The molecular formula is C15H17N3O3. The van der Waals surface area contributed by atoms with Crippen molar-refractivity contribution in [2.45, 2.75) is 19.4 Å². The highest BCUT2D eigenvalue weighted by atomic mass is 16.5. The van der Waals surface area contributed by atoms with Gasteiger partial charge in [0.1, 0.15) is 11.6 Å². The van der Waals surface area contributed by atoms with E-state index in [4.69, 9.17) is 9.84 Å². The van der Waals surface area contributed by atoms with Crippen LogP contribution in [0.4, 0.5) is 5.82 Å². The average molecular weight is 287 g/mol. The van der Waals surface area contributed by atoms with E-state index < -0.39 is 5.97 Å². The summed E-state index contributed by atoms with van der Waals surface area (Å²) >= 11 is 0. The minimum atomic E-state index is -1.01. The zero-order valence-electron chi connectivity index (χ0n) is 11.7. The number of carboxylic acid groups (broad SMARTS) is 1. The molecule has 2 heterocycles. The Morgan fingerprint density at radius 2 is 2.24 bits per heavy atom. The van der Waals surface area contributed by atoms with Crippen LogP contribution in [0.3, 0.4) is 0 Å². The van der Waals surface area contributed by atoms with Gasteiger partial charge in [0.2, 0.25) is 0 Å². The van der Waals surface area contributed by atoms with Crippen LogP contribution in [0.1, 0.15) is 35.4 Å². The summed E-state index contributed by atoms with van der Waals surface area (Å²) in [6, 6.07) is 9.50. The molecule has 1 unspecified atom stereocenters. The maximum absolute atomic E-state index is 11.1. The summed E-state index contributed by atoms with van der Waals surface area (Å²) in [5.74, 6) is 0.573. The smallest absolute Gasteiger partial charge is 0.356 e. The number of rotatable bonds is 4. The minimum Gasteiger partial charge on any atom is -0.494 e. The molecule has 6 nitrogen and oxygen atoms in total. The standard InChI is InChI=1S/C15H17N3O3/c1-2-21-11-5-3-10(4-6-11)13-7-8-16-14-9-12(15(19)20)17-18(13)14/h3-6,9,13,16H,2,7-8H2,1H3,(H,19,20). The van der Waals surface area contributed by atoms with Crippen molar-refractivity contribution in [2.24, 2.45) is 0 Å². The first kappa shape index (κ1) is 13.5. The number of aromatic carboxylic acids is 1. The predicted molar refractivity (Wildman–Crippen MR) is 78.0 cm³/mol. The molecule has 0 saturated carbocycles. The highest BCUT2D eigenvalue weighted by molar-refractivity contribution is 5.86. The van der Waals surface area contributed by atoms with Gasteiger partial charge in [0.05, 0.1) is 12.6 Å². The number of hydrogen-bond donors (Lipinski definition) is 2. The second-order valence-corrected chi connectivity index (χ2v) is 4.90. The molecule has 0 fully saturated rings. The largest absolute Gasteiger partial charge is 0.494 e. The number of nitrogens with one attached hydrogen (secondary N) is 1. The van der Waals surface area contributed by atoms with Gasteiger partial charge in [-0.05, 0) is 31.0 Å². The Hall–Kier alpha value is -2.50. The summed E-state index contributed by atoms with van der Waals surface area (Å²) in [5.41, 5.74) is 1.16. The maximum atomic E-state index is 11.1. The van der Waals surface area contributed by atoms with Gasteiger partial charge in [-0.15, -0.1) is 0 Å². The second kappa shape index (κ2) is 5.47. The van der Waals surface area contributed by atoms with Crippen LogP contribution in [0.25, 0.3) is 0 Å². The zero-order valence-corrected chi connectivity index (χ0v) is 11.7. The normalized spacial score (nSPS) is 16.9. The number of ether oxygens (including phenoxy) is 1. The molecule has 0 aliphatic carbocycles. The Morgan fingerprint density at radius 1 is 1.48 bits per heavy atom. The molecule has 0 amide bonds. The lowest BCUT2D eigenvalue weighted by Crippen LogP contribution is -2.24. The molecule has 21 heavy (non-hydrogen) atoms. The lowest BCUT2D eigenvalue weighted by Gasteiger charge is -2.26. The van der Waals surface area contributed by atoms with Gasteiger partial charge in [-0.25, -0.2) is 9.48 Å². The molecule has 110 valence electrons. The molecule has 1 atom stereocenters. The maximum Gasteiger partial charge on any atom is 0.356 e. The third kappa shape index (κ3) is 2.56. The van der Waals surface area contributed by atoms with Crippen molar-refractivity contribution in [2.75, 3.05) is 18.5 Å². The number of carbonyl (C=O) groups is 1. The van der Waals surface area contributed by atoms with E-state index in [9.17, 15) is 4.79 Å². The highest BCUT2D eigenvalue weighted by Crippen LogP contribution is 2.30. The fourth-order valence-corrected chi connectivity index (χ4v) is 2.59. The molecule has 0 radical (unpaired) electrons. The van der Waals surface area contributed by atoms with Crippen LogP contribution in [-0.2, 0) is 0 Å². The third-order valence-corrected chi connectivity index (χ3v) is 3.55. The van der Waals surface area contributed by atoms with Crippen molar-refractivity contribution in [1.29, 1.82) is 0 Å². The fourth-order valence-electron chi connectivity index (χ4n) is 2.59. The second-order valence-electron chi connectivity index (χ2n) is 4.90. The number of fused-ring (bicyclic) bond motifs is 1. The Labute approximate surface area is 122 Å². The molecule has 1 aliphatic heterocycles. The van der Waals surface area contributed by atoms with Gasteiger partial charge in [0, 0.05) is 12.6 Å². The first-order chi connectivity index (χ1) is 10.2. The minimum absolute atomic E-state index is 0.0463. The Kier molecular flexibility index (Phi) is 3.51. The SMILES string of the molecule is CCOc1ccc(C2CCNc3cc(C(=O)O)nn32)cc1. The van der Waals surface area contributed by atoms with Gasteiger partial charge in [-0.1, -0.05) is 12.1 Å². The fraction of sp³-hybridized carbons (Fsp3) is 0.333. The summed E-state index contributed by atoms with van der Waals surface area (Å²) < 4.78 is 7.19. The number of hydrogen-bond acceptors (Lipinski definition) is 4. The summed E-state index contributed by atoms with van der Waals surface area (Å²) in [5, 5.41) is 16.4. The van der Waals surface area contributed by atoms with Gasteiger partial charge in [-0.2, -0.15) is 5.10 Å². The summed E-state index contributed by atoms with van der Waals surface area (Å²) in [6.45, 7) is 3.38. The van der Waals surface area contributed by atoms with Crippen LogP contribution in [0.5, 0.6) is 5.75 Å². The average Bonchev–Trinajstić information content (AvgIpc) is 2.93. The molecule has 0 saturated heterocycles. The topological polar surface area (TPSA) is 76.4 Å². The van der Waals surface area contributed by atoms with Gasteiger partial charge < -0.3 is 15.2 Å². The Morgan fingerprint density at radius 3 is 2.90 bits per heavy atom. The van der Waals surface area contributed by atoms with Crippen LogP contribution in [0, 0.1) is 0 Å². The van der Waals surface area contributed by atoms with Crippen molar-refractivity contribution in [3.05, 3.63) is 41.6 Å². The lowest BCUT2D eigenvalue weighted by atomic mass is 10.0. The first-order valence-corrected chi connectivity index (χ1v) is 6.98. The van der Waals surface area contributed by atoms with Crippen LogP contribution >= 0.6 is 0 Å². The molecular weight excluding hydrogens is 270 g/mol. The molecule has 2 N–H and O–H groups in total. The predicted octanol–water partition coefficient (Wildman–Crippen LogP) is 2.38. The lowest BCUT2D eigenvalue weighted by molar-refractivity contribution is 0.0689. The molecule has 1 aromatic carbocycles. The van der Waals surface area contributed by atoms with Gasteiger partial charge in [-0.3, -0.25) is 0 Å². The van der Waals surface area contributed by atoms with E-state index in [1.165, 1.54) is 0 Å². The first-order valence-electron chi connectivity index (χ1n) is 6.98. The van der Waals surface area contributed by atoms with Crippen molar-refractivity contribution in [3.63, 3.8) is 0 Å². The molecule has 2 aromatic rings. The zero-order chi connectivity index (χ0) is 14.8. The van der Waals surface area contributed by atoms with Gasteiger partial charge >= 0.3 is 5.97 Å². The number of aromatic nitrogens is 2. The monoisotopic (exact) mass is 287 g/mol. The quantitative estimate of drug-likeness (QED) is 0.903. The number of anilines is 1. The summed E-state index contributed by atoms with van der Waals surface area (Å²) in [4.78, 5) is 11.1. The van der Waals surface area contributed by atoms with Crippen molar-refractivity contribution >= 4 is 11.8 Å². The van der Waals surface area contributed by atoms with E-state index in [2.05, 4.69) is 10.4 Å². The third-order valence-electron chi connectivity index (χ3n) is 3.55. The Bertz CT molecular complexity index is 649. The van der Waals surface area contributed by atoms with Crippen LogP contribution < -0.4 is 10.1 Å². The highest BCUT2D eigenvalue weighted by Gasteiger charge is 2.24. The van der Waals surface area contributed by atoms with E-state index in [0.717, 1.165) is 30.1 Å². The van der Waals surface area contributed by atoms with Crippen molar-refractivity contribution in [1.82, 2.24) is 9.78 Å². The molecule has 1 aliphatic rings. The molecule has 6 heteroatoms. The van der Waals surface area contributed by atoms with E-state index in [-0.39, 0.29) is 11.7 Å². The Balaban J connectivity index is 1.92. The molecule has 0 bridgehead atoms. The molecule has 3 rings (SSSR count). The molecule has 0 spiro atoms. The van der Waals surface area contributed by atoms with E-state index in [1.54, 1.807) is 10.7 Å². The van der Waals surface area contributed by atoms with Crippen LogP contribution in [0.15, 0.2) is 30.3 Å². The van der Waals surface area contributed by atoms with Crippen LogP contribution in [-0.4, -0.2) is 34.0 Å². The molecule has 1 aromatic heterocycles. The van der Waals surface area contributed by atoms with Crippen molar-refractivity contribution in [3.8, 4) is 5.75 Å². The van der Waals surface area contributed by atoms with Crippen LogP contribution in [0.2, 0.25) is 0 Å². The number of benzene rings is 1. The summed E-state index contributed by atoms with van der Waals surface area (Å²) in [6.07, 6.45) is 0.863.